The number of methoxy groups -OCH3 is 2. The fraction of sp³-hybridized carbons (Fsp3) is 0.435. The van der Waals surface area contributed by atoms with Gasteiger partial charge in [0, 0.05) is 13.1 Å². The molecule has 2 aromatic rings. The van der Waals surface area contributed by atoms with Gasteiger partial charge in [0.25, 0.3) is 0 Å². The van der Waals surface area contributed by atoms with Gasteiger partial charge >= 0.3 is 0 Å². The van der Waals surface area contributed by atoms with Gasteiger partial charge in [0.15, 0.2) is 17.5 Å². The molecule has 2 rings (SSSR count). The predicted molar refractivity (Wildman–Crippen MR) is 120 cm³/mol. The van der Waals surface area contributed by atoms with Crippen molar-refractivity contribution in [2.75, 3.05) is 47.9 Å². The molecule has 0 aliphatic heterocycles. The molecule has 0 saturated heterocycles. The van der Waals surface area contributed by atoms with E-state index in [2.05, 4.69) is 15.5 Å². The van der Waals surface area contributed by atoms with Crippen LogP contribution in [-0.4, -0.2) is 58.8 Å². The molecule has 1 unspecified atom stereocenters. The van der Waals surface area contributed by atoms with E-state index in [1.165, 1.54) is 12.1 Å². The van der Waals surface area contributed by atoms with E-state index >= 15 is 0 Å². The average Bonchev–Trinajstić information content (AvgIpc) is 2.74. The molecular formula is C23H33FN4O2. The maximum atomic E-state index is 13.3. The number of hydrogen-bond acceptors (Lipinski definition) is 4. The summed E-state index contributed by atoms with van der Waals surface area (Å²) in [7, 11) is 7.27. The quantitative estimate of drug-likeness (QED) is 0.460. The van der Waals surface area contributed by atoms with Gasteiger partial charge < -0.3 is 25.0 Å². The first-order chi connectivity index (χ1) is 14.5. The zero-order valence-electron chi connectivity index (χ0n) is 18.5. The second-order valence-electron chi connectivity index (χ2n) is 7.12. The van der Waals surface area contributed by atoms with Crippen LogP contribution in [0.15, 0.2) is 47.5 Å². The first-order valence-electron chi connectivity index (χ1n) is 10.1. The third-order valence-corrected chi connectivity index (χ3v) is 4.80. The van der Waals surface area contributed by atoms with Gasteiger partial charge in [-0.3, -0.25) is 4.99 Å². The Morgan fingerprint density at radius 3 is 2.33 bits per heavy atom. The van der Waals surface area contributed by atoms with Gasteiger partial charge in [-0.1, -0.05) is 18.2 Å². The van der Waals surface area contributed by atoms with Crippen LogP contribution in [0.25, 0.3) is 0 Å². The van der Waals surface area contributed by atoms with Gasteiger partial charge in [0.1, 0.15) is 5.82 Å². The van der Waals surface area contributed by atoms with Crippen molar-refractivity contribution in [2.45, 2.75) is 19.4 Å². The molecule has 0 heterocycles. The summed E-state index contributed by atoms with van der Waals surface area (Å²) >= 11 is 0. The second kappa shape index (κ2) is 12.0. The highest BCUT2D eigenvalue weighted by Gasteiger charge is 2.14. The number of benzene rings is 2. The number of likely N-dealkylation sites (N-methyl/N-ethyl adjacent to an activating group) is 1. The molecule has 0 aliphatic rings. The molecule has 0 spiro atoms. The van der Waals surface area contributed by atoms with Crippen molar-refractivity contribution in [3.8, 4) is 11.5 Å². The van der Waals surface area contributed by atoms with Crippen molar-refractivity contribution >= 4 is 5.96 Å². The highest BCUT2D eigenvalue weighted by Crippen LogP contribution is 2.27. The highest BCUT2D eigenvalue weighted by atomic mass is 19.1. The maximum absolute atomic E-state index is 13.3. The minimum Gasteiger partial charge on any atom is -0.493 e. The Kier molecular flexibility index (Phi) is 9.41. The molecule has 0 fully saturated rings. The summed E-state index contributed by atoms with van der Waals surface area (Å²) in [6.45, 7) is 4.09. The molecule has 2 N–H and O–H groups in total. The zero-order chi connectivity index (χ0) is 21.9. The lowest BCUT2D eigenvalue weighted by Gasteiger charge is -2.23. The lowest BCUT2D eigenvalue weighted by atomic mass is 10.1. The van der Waals surface area contributed by atoms with Gasteiger partial charge in [-0.05, 0) is 62.8 Å². The summed E-state index contributed by atoms with van der Waals surface area (Å²) in [6, 6.07) is 12.6. The fourth-order valence-corrected chi connectivity index (χ4v) is 3.13. The largest absolute Gasteiger partial charge is 0.493 e. The van der Waals surface area contributed by atoms with Gasteiger partial charge in [-0.15, -0.1) is 0 Å². The summed E-state index contributed by atoms with van der Waals surface area (Å²) in [5.41, 5.74) is 2.18. The third kappa shape index (κ3) is 6.91. The van der Waals surface area contributed by atoms with E-state index in [9.17, 15) is 4.39 Å². The molecule has 0 bridgehead atoms. The summed E-state index contributed by atoms with van der Waals surface area (Å²) < 4.78 is 23.9. The molecule has 6 nitrogen and oxygen atoms in total. The van der Waals surface area contributed by atoms with Gasteiger partial charge in [-0.2, -0.15) is 0 Å². The first kappa shape index (κ1) is 23.5. The number of guanidine groups is 1. The smallest absolute Gasteiger partial charge is 0.191 e. The Hall–Kier alpha value is -2.80. The van der Waals surface area contributed by atoms with Crippen LogP contribution in [0.4, 0.5) is 4.39 Å². The Bertz CT molecular complexity index is 809. The number of ether oxygens (including phenoxy) is 2. The molecule has 1 atom stereocenters. The van der Waals surface area contributed by atoms with Crippen LogP contribution in [0, 0.1) is 5.82 Å². The van der Waals surface area contributed by atoms with Crippen molar-refractivity contribution in [1.82, 2.24) is 15.5 Å². The van der Waals surface area contributed by atoms with Gasteiger partial charge in [-0.25, -0.2) is 4.39 Å². The summed E-state index contributed by atoms with van der Waals surface area (Å²) in [5, 5.41) is 6.66. The average molecular weight is 417 g/mol. The normalized spacial score (nSPS) is 12.6. The fourth-order valence-electron chi connectivity index (χ4n) is 3.13. The SMILES string of the molecule is CCNC(=NCC(c1ccc(F)cc1)N(C)C)NCCc1ccc(OC)c(OC)c1. The minimum absolute atomic E-state index is 0.0619. The molecule has 2 aromatic carbocycles. The minimum atomic E-state index is -0.232. The first-order valence-corrected chi connectivity index (χ1v) is 10.1. The van der Waals surface area contributed by atoms with Crippen molar-refractivity contribution in [2.24, 2.45) is 4.99 Å². The Morgan fingerprint density at radius 2 is 1.73 bits per heavy atom. The second-order valence-corrected chi connectivity index (χ2v) is 7.12. The van der Waals surface area contributed by atoms with Crippen LogP contribution >= 0.6 is 0 Å². The van der Waals surface area contributed by atoms with Gasteiger partial charge in [0.2, 0.25) is 0 Å². The van der Waals surface area contributed by atoms with Crippen molar-refractivity contribution in [3.05, 3.63) is 59.4 Å². The number of aliphatic imine (C=N–C) groups is 1. The van der Waals surface area contributed by atoms with Crippen molar-refractivity contribution in [1.29, 1.82) is 0 Å². The van der Waals surface area contributed by atoms with E-state index in [4.69, 9.17) is 14.5 Å². The number of rotatable bonds is 10. The molecule has 0 amide bonds. The van der Waals surface area contributed by atoms with Crippen molar-refractivity contribution in [3.63, 3.8) is 0 Å². The number of nitrogens with one attached hydrogen (secondary N) is 2. The number of hydrogen-bond donors (Lipinski definition) is 2. The molecule has 7 heteroatoms. The number of nitrogens with zero attached hydrogens (tertiary/aromatic N) is 2. The molecule has 30 heavy (non-hydrogen) atoms. The molecule has 164 valence electrons. The third-order valence-electron chi connectivity index (χ3n) is 4.80. The van der Waals surface area contributed by atoms with Crippen molar-refractivity contribution < 1.29 is 13.9 Å². The van der Waals surface area contributed by atoms with E-state index in [0.29, 0.717) is 6.54 Å². The lowest BCUT2D eigenvalue weighted by Crippen LogP contribution is -2.39. The summed E-state index contributed by atoms with van der Waals surface area (Å²) in [4.78, 5) is 6.83. The van der Waals surface area contributed by atoms with Crippen LogP contribution < -0.4 is 20.1 Å². The molecule has 0 saturated carbocycles. The van der Waals surface area contributed by atoms with E-state index in [-0.39, 0.29) is 11.9 Å². The van der Waals surface area contributed by atoms with E-state index < -0.39 is 0 Å². The van der Waals surface area contributed by atoms with Crippen LogP contribution in [0.3, 0.4) is 0 Å². The van der Waals surface area contributed by atoms with Crippen LogP contribution in [0.2, 0.25) is 0 Å². The Balaban J connectivity index is 2.00. The van der Waals surface area contributed by atoms with Crippen LogP contribution in [0.5, 0.6) is 11.5 Å². The highest BCUT2D eigenvalue weighted by molar-refractivity contribution is 5.79. The maximum Gasteiger partial charge on any atom is 0.191 e. The van der Waals surface area contributed by atoms with E-state index in [0.717, 1.165) is 48.1 Å². The standard InChI is InChI=1S/C23H33FN4O2/c1-6-25-23(26-14-13-17-7-12-21(29-4)22(15-17)30-5)27-16-20(28(2)3)18-8-10-19(24)11-9-18/h7-12,15,20H,6,13-14,16H2,1-5H3,(H2,25,26,27). The topological polar surface area (TPSA) is 58.1 Å². The monoisotopic (exact) mass is 416 g/mol. The summed E-state index contributed by atoms with van der Waals surface area (Å²) in [5.74, 6) is 1.97. The molecule has 0 radical (unpaired) electrons. The Labute approximate surface area is 179 Å². The zero-order valence-corrected chi connectivity index (χ0v) is 18.5. The number of halogens is 1. The van der Waals surface area contributed by atoms with E-state index in [1.807, 2.05) is 51.4 Å². The Morgan fingerprint density at radius 1 is 1.03 bits per heavy atom. The molecule has 0 aliphatic carbocycles. The predicted octanol–water partition coefficient (Wildman–Crippen LogP) is 3.24. The molecular weight excluding hydrogens is 383 g/mol. The van der Waals surface area contributed by atoms with Crippen LogP contribution in [0.1, 0.15) is 24.1 Å². The van der Waals surface area contributed by atoms with Crippen LogP contribution in [-0.2, 0) is 6.42 Å². The van der Waals surface area contributed by atoms with E-state index in [1.54, 1.807) is 14.2 Å². The lowest BCUT2D eigenvalue weighted by molar-refractivity contribution is 0.306. The van der Waals surface area contributed by atoms with Gasteiger partial charge in [0.05, 0.1) is 26.8 Å². The summed E-state index contributed by atoms with van der Waals surface area (Å²) in [6.07, 6.45) is 0.819. The molecule has 0 aromatic heterocycles.